The number of carboxylic acids is 2. The maximum Gasteiger partial charge on any atom is 1.00 e. The molecule has 0 saturated heterocycles. The van der Waals surface area contributed by atoms with Crippen molar-refractivity contribution in [3.63, 3.8) is 0 Å². The van der Waals surface area contributed by atoms with Crippen LogP contribution in [0.25, 0.3) is 5.57 Å². The Morgan fingerprint density at radius 2 is 1.80 bits per heavy atom. The summed E-state index contributed by atoms with van der Waals surface area (Å²) in [5.74, 6) is -3.87. The zero-order valence-electron chi connectivity index (χ0n) is 17.2. The van der Waals surface area contributed by atoms with E-state index in [4.69, 9.17) is 24.5 Å². The molecule has 0 aromatic carbocycles. The largest absolute Gasteiger partial charge is 1.00 e. The Labute approximate surface area is 220 Å². The van der Waals surface area contributed by atoms with Crippen LogP contribution in [0.15, 0.2) is 6.08 Å². The van der Waals surface area contributed by atoms with Gasteiger partial charge in [0.1, 0.15) is 5.69 Å². The van der Waals surface area contributed by atoms with Crippen LogP contribution in [-0.2, 0) is 9.59 Å². The van der Waals surface area contributed by atoms with E-state index in [-0.39, 0.29) is 65.5 Å². The summed E-state index contributed by atoms with van der Waals surface area (Å²) in [4.78, 5) is 20.1. The Balaban J connectivity index is 0. The zero-order valence-corrected chi connectivity index (χ0v) is 22.0. The van der Waals surface area contributed by atoms with E-state index in [1.54, 1.807) is 0 Å². The summed E-state index contributed by atoms with van der Waals surface area (Å²) in [6.45, 7) is 2.21. The van der Waals surface area contributed by atoms with E-state index in [9.17, 15) is 13.2 Å². The number of halogens is 3. The van der Waals surface area contributed by atoms with E-state index < -0.39 is 24.5 Å². The Bertz CT molecular complexity index is 677. The third-order valence-corrected chi connectivity index (χ3v) is 4.13. The Hall–Kier alpha value is -0.210. The molecule has 2 rings (SSSR count). The topological polar surface area (TPSA) is 119 Å². The van der Waals surface area contributed by atoms with E-state index in [1.807, 2.05) is 7.05 Å². The van der Waals surface area contributed by atoms with Gasteiger partial charge in [0.25, 0.3) is 5.88 Å². The van der Waals surface area contributed by atoms with Gasteiger partial charge in [0.05, 0.1) is 30.3 Å². The number of carbonyl (C=O) groups excluding carboxylic acids is 2. The minimum Gasteiger partial charge on any atom is -0.543 e. The number of aliphatic carboxylic acids is 2. The molecule has 8 nitrogen and oxygen atoms in total. The van der Waals surface area contributed by atoms with Gasteiger partial charge in [-0.1, -0.05) is 6.08 Å². The smallest absolute Gasteiger partial charge is 0.543 e. The van der Waals surface area contributed by atoms with Gasteiger partial charge in [0, 0.05) is 19.5 Å². The van der Waals surface area contributed by atoms with Crippen LogP contribution in [0.4, 0.5) is 13.2 Å². The van der Waals surface area contributed by atoms with Gasteiger partial charge in [-0.05, 0) is 38.3 Å². The Morgan fingerprint density at radius 3 is 2.33 bits per heavy atom. The summed E-state index contributed by atoms with van der Waals surface area (Å²) in [5, 5.41) is 17.9. The van der Waals surface area contributed by atoms with Crippen molar-refractivity contribution in [2.24, 2.45) is 0 Å². The number of carboxylic acid groups (broad SMARTS) is 2. The van der Waals surface area contributed by atoms with Gasteiger partial charge >= 0.3 is 65.3 Å². The molecule has 0 spiro atoms. The van der Waals surface area contributed by atoms with Crippen molar-refractivity contribution in [3.8, 4) is 5.88 Å². The van der Waals surface area contributed by atoms with Crippen molar-refractivity contribution in [2.45, 2.75) is 38.3 Å². The van der Waals surface area contributed by atoms with Crippen LogP contribution >= 0.6 is 11.7 Å². The van der Waals surface area contributed by atoms with Crippen molar-refractivity contribution >= 4 is 29.2 Å². The van der Waals surface area contributed by atoms with Crippen LogP contribution < -0.4 is 74.1 Å². The van der Waals surface area contributed by atoms with E-state index in [2.05, 4.69) is 19.7 Å². The van der Waals surface area contributed by atoms with Crippen LogP contribution in [0, 0.1) is 0 Å². The number of hydrogen-bond donors (Lipinski definition) is 0. The second-order valence-electron chi connectivity index (χ2n) is 6.02. The molecule has 0 aliphatic carbocycles. The van der Waals surface area contributed by atoms with Crippen molar-refractivity contribution in [3.05, 3.63) is 11.8 Å². The van der Waals surface area contributed by atoms with Gasteiger partial charge in [0.15, 0.2) is 0 Å². The summed E-state index contributed by atoms with van der Waals surface area (Å²) >= 11 is 1.10. The summed E-state index contributed by atoms with van der Waals surface area (Å²) in [7, 11) is 2.05. The monoisotopic (exact) mass is 469 g/mol. The average molecular weight is 469 g/mol. The predicted octanol–water partition coefficient (Wildman–Crippen LogP) is -5.75. The third-order valence-electron chi connectivity index (χ3n) is 3.61. The first-order chi connectivity index (χ1) is 13.1. The van der Waals surface area contributed by atoms with Gasteiger partial charge in [-0.25, -0.2) is 0 Å². The fraction of sp³-hybridized carbons (Fsp3) is 0.625. The van der Waals surface area contributed by atoms with Gasteiger partial charge < -0.3 is 29.4 Å². The van der Waals surface area contributed by atoms with Crippen molar-refractivity contribution in [1.29, 1.82) is 0 Å². The Kier molecular flexibility index (Phi) is 17.5. The summed E-state index contributed by atoms with van der Waals surface area (Å²) < 4.78 is 50.1. The van der Waals surface area contributed by atoms with Crippen LogP contribution in [0.5, 0.6) is 5.88 Å². The van der Waals surface area contributed by atoms with Crippen LogP contribution in [0.3, 0.4) is 0 Å². The normalized spacial score (nSPS) is 13.7. The molecule has 0 radical (unpaired) electrons. The van der Waals surface area contributed by atoms with E-state index in [0.717, 1.165) is 42.5 Å². The molecular formula is C16H20F3N3Na2O5S. The maximum atomic E-state index is 12.0. The first kappa shape index (κ1) is 32.0. The number of aromatic nitrogens is 2. The van der Waals surface area contributed by atoms with Gasteiger partial charge in [-0.3, -0.25) is 0 Å². The molecule has 0 bridgehead atoms. The second kappa shape index (κ2) is 16.4. The minimum absolute atomic E-state index is 0. The number of unbranched alkanes of at least 4 members (excludes halogenated alkanes) is 2. The standard InChI is InChI=1S/C14H20F3N3OS.C2H2O4.2Na/c1-20-8-5-6-11(10-20)12-13(19-22-18-12)21-9-4-2-3-7-14(15,16)17;3-1(4)2(5)6;;/h6H,2-5,7-10H2,1H3;(H,3,4)(H,5,6);;/q;;2*+1/p-2. The first-order valence-corrected chi connectivity index (χ1v) is 9.15. The number of ether oxygens (including phenoxy) is 1. The first-order valence-electron chi connectivity index (χ1n) is 8.42. The molecule has 0 atom stereocenters. The van der Waals surface area contributed by atoms with Gasteiger partial charge in [0.2, 0.25) is 0 Å². The van der Waals surface area contributed by atoms with Gasteiger partial charge in [-0.2, -0.15) is 17.5 Å². The Morgan fingerprint density at radius 1 is 1.17 bits per heavy atom. The molecule has 14 heteroatoms. The molecule has 0 amide bonds. The molecule has 1 aromatic heterocycles. The number of alkyl halides is 3. The van der Waals surface area contributed by atoms with E-state index in [0.29, 0.717) is 25.3 Å². The number of hydrogen-bond acceptors (Lipinski definition) is 9. The van der Waals surface area contributed by atoms with E-state index >= 15 is 0 Å². The molecule has 2 heterocycles. The molecule has 1 aliphatic rings. The van der Waals surface area contributed by atoms with Crippen LogP contribution in [0.1, 0.15) is 37.8 Å². The van der Waals surface area contributed by atoms with Crippen LogP contribution in [-0.4, -0.2) is 58.5 Å². The summed E-state index contributed by atoms with van der Waals surface area (Å²) in [5.41, 5.74) is 1.88. The number of carbonyl (C=O) groups is 2. The molecule has 30 heavy (non-hydrogen) atoms. The summed E-state index contributed by atoms with van der Waals surface area (Å²) in [6.07, 6.45) is -0.440. The fourth-order valence-electron chi connectivity index (χ4n) is 2.31. The van der Waals surface area contributed by atoms with Crippen LogP contribution in [0.2, 0.25) is 0 Å². The van der Waals surface area contributed by atoms with Gasteiger partial charge in [-0.15, -0.1) is 4.37 Å². The van der Waals surface area contributed by atoms with Crippen molar-refractivity contribution in [2.75, 3.05) is 26.7 Å². The molecular weight excluding hydrogens is 449 g/mol. The molecule has 158 valence electrons. The number of nitrogens with zero attached hydrogens (tertiary/aromatic N) is 3. The van der Waals surface area contributed by atoms with E-state index in [1.165, 1.54) is 0 Å². The zero-order chi connectivity index (χ0) is 21.2. The molecule has 0 fully saturated rings. The van der Waals surface area contributed by atoms with Crippen molar-refractivity contribution < 1.29 is 96.8 Å². The number of likely N-dealkylation sites (N-methyl/N-ethyl adjacent to an activating group) is 1. The maximum absolute atomic E-state index is 12.0. The predicted molar refractivity (Wildman–Crippen MR) is 90.0 cm³/mol. The quantitative estimate of drug-likeness (QED) is 0.220. The second-order valence-corrected chi connectivity index (χ2v) is 6.55. The molecule has 0 saturated carbocycles. The molecule has 1 aliphatic heterocycles. The molecule has 1 aromatic rings. The number of rotatable bonds is 7. The minimum atomic E-state index is -4.06. The third kappa shape index (κ3) is 14.0. The average Bonchev–Trinajstić information content (AvgIpc) is 3.06. The fourth-order valence-corrected chi connectivity index (χ4v) is 2.84. The SMILES string of the molecule is CN1CCC=C(c2nsnc2OCCCCCC(F)(F)F)C1.O=C([O-])C(=O)[O-].[Na+].[Na+]. The summed E-state index contributed by atoms with van der Waals surface area (Å²) in [6, 6.07) is 0. The molecule has 0 unspecified atom stereocenters. The van der Waals surface area contributed by atoms with Crippen molar-refractivity contribution in [1.82, 2.24) is 13.6 Å². The molecule has 0 N–H and O–H groups in total.